The lowest BCUT2D eigenvalue weighted by atomic mass is 10.2. The summed E-state index contributed by atoms with van der Waals surface area (Å²) in [5.41, 5.74) is 3.28. The first-order valence-electron chi connectivity index (χ1n) is 7.47. The van der Waals surface area contributed by atoms with Crippen molar-refractivity contribution in [3.05, 3.63) is 59.1 Å². The third kappa shape index (κ3) is 6.60. The van der Waals surface area contributed by atoms with E-state index in [0.717, 1.165) is 10.5 Å². The minimum absolute atomic E-state index is 0.201. The molecular weight excluding hydrogens is 360 g/mol. The summed E-state index contributed by atoms with van der Waals surface area (Å²) in [6.07, 6.45) is 1.52. The zero-order valence-corrected chi connectivity index (χ0v) is 15.3. The molecule has 0 aliphatic carbocycles. The van der Waals surface area contributed by atoms with Gasteiger partial charge < -0.3 is 4.74 Å². The van der Waals surface area contributed by atoms with E-state index in [1.807, 2.05) is 12.1 Å². The molecule has 25 heavy (non-hydrogen) atoms. The molecule has 2 aromatic carbocycles. The smallest absolute Gasteiger partial charge is 0.308 e. The molecule has 0 aliphatic heterocycles. The number of rotatable bonds is 6. The highest BCUT2D eigenvalue weighted by molar-refractivity contribution is 8.00. The Labute approximate surface area is 155 Å². The Balaban J connectivity index is 1.84. The predicted molar refractivity (Wildman–Crippen MR) is 100 cm³/mol. The van der Waals surface area contributed by atoms with Crippen LogP contribution >= 0.6 is 23.4 Å². The van der Waals surface area contributed by atoms with Crippen molar-refractivity contribution in [2.24, 2.45) is 5.10 Å². The molecule has 1 atom stereocenters. The lowest BCUT2D eigenvalue weighted by Crippen LogP contribution is -2.26. The van der Waals surface area contributed by atoms with E-state index in [4.69, 9.17) is 16.3 Å². The van der Waals surface area contributed by atoms with Crippen molar-refractivity contribution in [2.75, 3.05) is 0 Å². The Kier molecular flexibility index (Phi) is 7.03. The molecule has 0 unspecified atom stereocenters. The summed E-state index contributed by atoms with van der Waals surface area (Å²) in [6, 6.07) is 14.1. The number of hydrazone groups is 1. The van der Waals surface area contributed by atoms with E-state index in [1.54, 1.807) is 43.3 Å². The standard InChI is InChI=1S/C18H17ClN2O3S/c1-12(25-17-9-5-15(19)6-10-17)18(23)21-20-11-14-3-7-16(8-4-14)24-13(2)22/h3-12H,1-2H3,(H,21,23)/b20-11-/t12-/m0/s1. The quantitative estimate of drug-likeness (QED) is 0.273. The van der Waals surface area contributed by atoms with Crippen molar-refractivity contribution in [3.63, 3.8) is 0 Å². The van der Waals surface area contributed by atoms with E-state index in [0.29, 0.717) is 10.8 Å². The number of hydrogen-bond donors (Lipinski definition) is 1. The van der Waals surface area contributed by atoms with E-state index < -0.39 is 0 Å². The summed E-state index contributed by atoms with van der Waals surface area (Å²) in [6.45, 7) is 3.14. The molecule has 7 heteroatoms. The molecule has 2 aromatic rings. The summed E-state index contributed by atoms with van der Waals surface area (Å²) in [4.78, 5) is 23.9. The van der Waals surface area contributed by atoms with Gasteiger partial charge in [-0.2, -0.15) is 5.10 Å². The summed E-state index contributed by atoms with van der Waals surface area (Å²) in [7, 11) is 0. The van der Waals surface area contributed by atoms with E-state index in [-0.39, 0.29) is 17.1 Å². The number of carbonyl (C=O) groups excluding carboxylic acids is 2. The van der Waals surface area contributed by atoms with Crippen LogP contribution in [0.15, 0.2) is 58.5 Å². The SMILES string of the molecule is CC(=O)Oc1ccc(/C=N\NC(=O)[C@H](C)Sc2ccc(Cl)cc2)cc1. The lowest BCUT2D eigenvalue weighted by Gasteiger charge is -2.09. The molecule has 1 N–H and O–H groups in total. The van der Waals surface area contributed by atoms with Gasteiger partial charge in [-0.05, 0) is 61.0 Å². The van der Waals surface area contributed by atoms with Crippen LogP contribution in [0.1, 0.15) is 19.4 Å². The molecule has 0 fully saturated rings. The van der Waals surface area contributed by atoms with Gasteiger partial charge >= 0.3 is 5.97 Å². The molecule has 0 aromatic heterocycles. The Hall–Kier alpha value is -2.31. The number of thioether (sulfide) groups is 1. The highest BCUT2D eigenvalue weighted by Gasteiger charge is 2.13. The summed E-state index contributed by atoms with van der Waals surface area (Å²) in [5.74, 6) is -0.115. The maximum absolute atomic E-state index is 12.1. The van der Waals surface area contributed by atoms with Gasteiger partial charge in [-0.1, -0.05) is 11.6 Å². The third-order valence-electron chi connectivity index (χ3n) is 3.03. The average molecular weight is 377 g/mol. The van der Waals surface area contributed by atoms with Crippen LogP contribution in [-0.2, 0) is 9.59 Å². The van der Waals surface area contributed by atoms with Gasteiger partial charge in [0.15, 0.2) is 0 Å². The van der Waals surface area contributed by atoms with E-state index in [2.05, 4.69) is 10.5 Å². The fraction of sp³-hybridized carbons (Fsp3) is 0.167. The molecule has 2 rings (SSSR count). The van der Waals surface area contributed by atoms with Crippen LogP contribution < -0.4 is 10.2 Å². The minimum Gasteiger partial charge on any atom is -0.427 e. The van der Waals surface area contributed by atoms with Crippen LogP contribution in [0.3, 0.4) is 0 Å². The normalized spacial score (nSPS) is 12.0. The Bertz CT molecular complexity index is 761. The fourth-order valence-corrected chi connectivity index (χ4v) is 2.81. The van der Waals surface area contributed by atoms with Crippen LogP contribution in [0.5, 0.6) is 5.75 Å². The first-order valence-corrected chi connectivity index (χ1v) is 8.73. The lowest BCUT2D eigenvalue weighted by molar-refractivity contribution is -0.131. The van der Waals surface area contributed by atoms with E-state index >= 15 is 0 Å². The molecule has 0 radical (unpaired) electrons. The van der Waals surface area contributed by atoms with Crippen LogP contribution in [-0.4, -0.2) is 23.3 Å². The summed E-state index contributed by atoms with van der Waals surface area (Å²) < 4.78 is 4.94. The molecule has 0 heterocycles. The maximum Gasteiger partial charge on any atom is 0.308 e. The number of halogens is 1. The van der Waals surface area contributed by atoms with Crippen LogP contribution in [0.2, 0.25) is 5.02 Å². The highest BCUT2D eigenvalue weighted by Crippen LogP contribution is 2.24. The van der Waals surface area contributed by atoms with Gasteiger partial charge in [0.05, 0.1) is 11.5 Å². The van der Waals surface area contributed by atoms with Crippen molar-refractivity contribution < 1.29 is 14.3 Å². The van der Waals surface area contributed by atoms with Gasteiger partial charge in [0.2, 0.25) is 0 Å². The van der Waals surface area contributed by atoms with Crippen molar-refractivity contribution >= 4 is 41.5 Å². The molecule has 1 amide bonds. The zero-order chi connectivity index (χ0) is 18.2. The predicted octanol–water partition coefficient (Wildman–Crippen LogP) is 3.90. The average Bonchev–Trinajstić information content (AvgIpc) is 2.58. The number of esters is 1. The molecule has 0 saturated heterocycles. The van der Waals surface area contributed by atoms with Crippen molar-refractivity contribution in [1.82, 2.24) is 5.43 Å². The van der Waals surface area contributed by atoms with Crippen molar-refractivity contribution in [3.8, 4) is 5.75 Å². The number of benzene rings is 2. The number of nitrogens with zero attached hydrogens (tertiary/aromatic N) is 1. The Morgan fingerprint density at radius 1 is 1.16 bits per heavy atom. The largest absolute Gasteiger partial charge is 0.427 e. The summed E-state index contributed by atoms with van der Waals surface area (Å²) >= 11 is 7.26. The van der Waals surface area contributed by atoms with Crippen molar-refractivity contribution in [1.29, 1.82) is 0 Å². The van der Waals surface area contributed by atoms with Gasteiger partial charge in [0.1, 0.15) is 5.75 Å². The van der Waals surface area contributed by atoms with Gasteiger partial charge in [0, 0.05) is 16.8 Å². The second-order valence-corrected chi connectivity index (χ2v) is 6.96. The molecule has 0 spiro atoms. The van der Waals surface area contributed by atoms with E-state index in [9.17, 15) is 9.59 Å². The van der Waals surface area contributed by atoms with Crippen LogP contribution in [0.4, 0.5) is 0 Å². The molecule has 130 valence electrons. The molecule has 0 aliphatic rings. The van der Waals surface area contributed by atoms with Crippen LogP contribution in [0, 0.1) is 0 Å². The molecular formula is C18H17ClN2O3S. The Morgan fingerprint density at radius 2 is 1.80 bits per heavy atom. The fourth-order valence-electron chi connectivity index (χ4n) is 1.82. The van der Waals surface area contributed by atoms with Crippen LogP contribution in [0.25, 0.3) is 0 Å². The van der Waals surface area contributed by atoms with Gasteiger partial charge in [0.25, 0.3) is 5.91 Å². The van der Waals surface area contributed by atoms with Gasteiger partial charge in [-0.15, -0.1) is 11.8 Å². The number of nitrogens with one attached hydrogen (secondary N) is 1. The topological polar surface area (TPSA) is 67.8 Å². The van der Waals surface area contributed by atoms with Crippen molar-refractivity contribution in [2.45, 2.75) is 24.0 Å². The maximum atomic E-state index is 12.1. The minimum atomic E-state index is -0.374. The molecule has 0 bridgehead atoms. The highest BCUT2D eigenvalue weighted by atomic mass is 35.5. The number of amides is 1. The number of ether oxygens (including phenoxy) is 1. The summed E-state index contributed by atoms with van der Waals surface area (Å²) in [5, 5.41) is 4.30. The second kappa shape index (κ2) is 9.25. The van der Waals surface area contributed by atoms with Gasteiger partial charge in [-0.25, -0.2) is 5.43 Å². The first kappa shape index (κ1) is 19.0. The number of hydrogen-bond acceptors (Lipinski definition) is 5. The molecule has 5 nitrogen and oxygen atoms in total. The van der Waals surface area contributed by atoms with Gasteiger partial charge in [-0.3, -0.25) is 9.59 Å². The monoisotopic (exact) mass is 376 g/mol. The first-order chi connectivity index (χ1) is 11.9. The molecule has 0 saturated carbocycles. The second-order valence-electron chi connectivity index (χ2n) is 5.11. The van der Waals surface area contributed by atoms with E-state index in [1.165, 1.54) is 24.9 Å². The third-order valence-corrected chi connectivity index (χ3v) is 4.39. The number of carbonyl (C=O) groups is 2. The Morgan fingerprint density at radius 3 is 2.40 bits per heavy atom. The zero-order valence-electron chi connectivity index (χ0n) is 13.7.